The van der Waals surface area contributed by atoms with Crippen LogP contribution < -0.4 is 0 Å². The van der Waals surface area contributed by atoms with Crippen LogP contribution in [0.1, 0.15) is 28.9 Å². The molecule has 2 heterocycles. The fraction of sp³-hybridized carbons (Fsp3) is 0.455. The number of aryl methyl sites for hydroxylation is 3. The Morgan fingerprint density at radius 1 is 1.31 bits per heavy atom. The summed E-state index contributed by atoms with van der Waals surface area (Å²) >= 11 is 0. The van der Waals surface area contributed by atoms with E-state index in [1.165, 1.54) is 0 Å². The SMILES string of the molecule is Cc1nn(C)c(C)c1C(O)c1nccn1C. The van der Waals surface area contributed by atoms with Gasteiger partial charge in [-0.1, -0.05) is 0 Å². The lowest BCUT2D eigenvalue weighted by molar-refractivity contribution is 0.204. The van der Waals surface area contributed by atoms with Gasteiger partial charge in [-0.15, -0.1) is 0 Å². The molecule has 0 fully saturated rings. The highest BCUT2D eigenvalue weighted by Crippen LogP contribution is 2.25. The molecular formula is C11H16N4O. The van der Waals surface area contributed by atoms with Crippen LogP contribution in [0, 0.1) is 13.8 Å². The minimum atomic E-state index is -0.714. The van der Waals surface area contributed by atoms with Gasteiger partial charge in [0.15, 0.2) is 0 Å². The molecule has 0 radical (unpaired) electrons. The van der Waals surface area contributed by atoms with Crippen LogP contribution in [-0.4, -0.2) is 24.4 Å². The summed E-state index contributed by atoms with van der Waals surface area (Å²) in [5.74, 6) is 0.638. The first-order valence-corrected chi connectivity index (χ1v) is 5.17. The summed E-state index contributed by atoms with van der Waals surface area (Å²) in [6.07, 6.45) is 2.79. The van der Waals surface area contributed by atoms with Crippen LogP contribution in [-0.2, 0) is 14.1 Å². The molecule has 5 heteroatoms. The van der Waals surface area contributed by atoms with Crippen LogP contribution in [0.2, 0.25) is 0 Å². The van der Waals surface area contributed by atoms with Gasteiger partial charge in [0.25, 0.3) is 0 Å². The lowest BCUT2D eigenvalue weighted by Crippen LogP contribution is -2.09. The molecule has 5 nitrogen and oxygen atoms in total. The maximum absolute atomic E-state index is 10.3. The van der Waals surface area contributed by atoms with Gasteiger partial charge in [-0.2, -0.15) is 5.10 Å². The number of nitrogens with zero attached hydrogens (tertiary/aromatic N) is 4. The predicted octanol–water partition coefficient (Wildman–Crippen LogP) is 0.852. The summed E-state index contributed by atoms with van der Waals surface area (Å²) in [4.78, 5) is 4.16. The summed E-state index contributed by atoms with van der Waals surface area (Å²) in [5.41, 5.74) is 2.65. The fourth-order valence-corrected chi connectivity index (χ4v) is 1.96. The summed E-state index contributed by atoms with van der Waals surface area (Å²) in [6.45, 7) is 3.84. The maximum atomic E-state index is 10.3. The Bertz CT molecular complexity index is 512. The van der Waals surface area contributed by atoms with Crippen molar-refractivity contribution in [2.75, 3.05) is 0 Å². The Morgan fingerprint density at radius 2 is 2.00 bits per heavy atom. The molecule has 2 aromatic rings. The Kier molecular flexibility index (Phi) is 2.55. The molecule has 1 N–H and O–H groups in total. The predicted molar refractivity (Wildman–Crippen MR) is 60.0 cm³/mol. The van der Waals surface area contributed by atoms with Crippen LogP contribution in [0.5, 0.6) is 0 Å². The number of aliphatic hydroxyl groups is 1. The molecule has 0 aliphatic rings. The molecule has 16 heavy (non-hydrogen) atoms. The summed E-state index contributed by atoms with van der Waals surface area (Å²) in [5, 5.41) is 14.6. The number of rotatable bonds is 2. The van der Waals surface area contributed by atoms with Crippen LogP contribution >= 0.6 is 0 Å². The number of hydrogen-bond acceptors (Lipinski definition) is 3. The van der Waals surface area contributed by atoms with Crippen LogP contribution in [0.3, 0.4) is 0 Å². The second-order valence-corrected chi connectivity index (χ2v) is 4.01. The Hall–Kier alpha value is -1.62. The van der Waals surface area contributed by atoms with E-state index >= 15 is 0 Å². The largest absolute Gasteiger partial charge is 0.380 e. The van der Waals surface area contributed by atoms with Crippen molar-refractivity contribution in [3.8, 4) is 0 Å². The van der Waals surface area contributed by atoms with Gasteiger partial charge in [-0.05, 0) is 13.8 Å². The second kappa shape index (κ2) is 3.75. The van der Waals surface area contributed by atoms with Crippen molar-refractivity contribution in [1.82, 2.24) is 19.3 Å². The minimum absolute atomic E-state index is 0.638. The monoisotopic (exact) mass is 220 g/mol. The van der Waals surface area contributed by atoms with Crippen molar-refractivity contribution in [2.45, 2.75) is 20.0 Å². The van der Waals surface area contributed by atoms with E-state index in [2.05, 4.69) is 10.1 Å². The Morgan fingerprint density at radius 3 is 2.44 bits per heavy atom. The molecular weight excluding hydrogens is 204 g/mol. The fourth-order valence-electron chi connectivity index (χ4n) is 1.96. The lowest BCUT2D eigenvalue weighted by atomic mass is 10.1. The number of hydrogen-bond donors (Lipinski definition) is 1. The molecule has 0 saturated carbocycles. The number of aromatic nitrogens is 4. The van der Waals surface area contributed by atoms with Gasteiger partial charge < -0.3 is 9.67 Å². The highest BCUT2D eigenvalue weighted by molar-refractivity contribution is 5.31. The van der Waals surface area contributed by atoms with E-state index in [0.717, 1.165) is 17.0 Å². The molecule has 0 bridgehead atoms. The first kappa shape index (κ1) is 10.9. The van der Waals surface area contributed by atoms with E-state index in [-0.39, 0.29) is 0 Å². The second-order valence-electron chi connectivity index (χ2n) is 4.01. The first-order valence-electron chi connectivity index (χ1n) is 5.17. The van der Waals surface area contributed by atoms with Crippen molar-refractivity contribution in [1.29, 1.82) is 0 Å². The molecule has 0 saturated heterocycles. The summed E-state index contributed by atoms with van der Waals surface area (Å²) in [6, 6.07) is 0. The molecule has 0 aliphatic carbocycles. The molecule has 0 spiro atoms. The lowest BCUT2D eigenvalue weighted by Gasteiger charge is -2.11. The third kappa shape index (κ3) is 1.53. The quantitative estimate of drug-likeness (QED) is 0.816. The number of imidazole rings is 1. The maximum Gasteiger partial charge on any atom is 0.142 e. The minimum Gasteiger partial charge on any atom is -0.380 e. The van der Waals surface area contributed by atoms with Crippen LogP contribution in [0.4, 0.5) is 0 Å². The smallest absolute Gasteiger partial charge is 0.142 e. The third-order valence-corrected chi connectivity index (χ3v) is 2.94. The van der Waals surface area contributed by atoms with E-state index in [1.54, 1.807) is 10.9 Å². The molecule has 0 aliphatic heterocycles. The van der Waals surface area contributed by atoms with E-state index in [9.17, 15) is 5.11 Å². The summed E-state index contributed by atoms with van der Waals surface area (Å²) in [7, 11) is 3.74. The van der Waals surface area contributed by atoms with E-state index in [4.69, 9.17) is 0 Å². The Labute approximate surface area is 94.4 Å². The highest BCUT2D eigenvalue weighted by Gasteiger charge is 2.22. The van der Waals surface area contributed by atoms with Gasteiger partial charge in [-0.3, -0.25) is 4.68 Å². The van der Waals surface area contributed by atoms with Crippen molar-refractivity contribution in [3.05, 3.63) is 35.2 Å². The topological polar surface area (TPSA) is 55.9 Å². The zero-order valence-corrected chi connectivity index (χ0v) is 9.97. The molecule has 86 valence electrons. The van der Waals surface area contributed by atoms with Crippen molar-refractivity contribution < 1.29 is 5.11 Å². The standard InChI is InChI=1S/C11H16N4O/c1-7-9(8(2)15(4)13-7)10(16)11-12-5-6-14(11)3/h5-6,10,16H,1-4H3. The van der Waals surface area contributed by atoms with Gasteiger partial charge in [0, 0.05) is 37.7 Å². The number of aliphatic hydroxyl groups excluding tert-OH is 1. The van der Waals surface area contributed by atoms with E-state index in [1.807, 2.05) is 38.7 Å². The zero-order valence-electron chi connectivity index (χ0n) is 9.97. The van der Waals surface area contributed by atoms with Gasteiger partial charge in [0.2, 0.25) is 0 Å². The van der Waals surface area contributed by atoms with E-state index in [0.29, 0.717) is 5.82 Å². The van der Waals surface area contributed by atoms with Crippen molar-refractivity contribution >= 4 is 0 Å². The van der Waals surface area contributed by atoms with E-state index < -0.39 is 6.10 Å². The average molecular weight is 220 g/mol. The zero-order chi connectivity index (χ0) is 11.9. The van der Waals surface area contributed by atoms with Gasteiger partial charge >= 0.3 is 0 Å². The third-order valence-electron chi connectivity index (χ3n) is 2.94. The molecule has 1 atom stereocenters. The summed E-state index contributed by atoms with van der Waals surface area (Å²) < 4.78 is 3.59. The van der Waals surface area contributed by atoms with Crippen LogP contribution in [0.25, 0.3) is 0 Å². The van der Waals surface area contributed by atoms with Crippen molar-refractivity contribution in [3.63, 3.8) is 0 Å². The molecule has 2 rings (SSSR count). The molecule has 0 amide bonds. The first-order chi connectivity index (χ1) is 7.52. The highest BCUT2D eigenvalue weighted by atomic mass is 16.3. The Balaban J connectivity index is 2.49. The van der Waals surface area contributed by atoms with Crippen LogP contribution in [0.15, 0.2) is 12.4 Å². The van der Waals surface area contributed by atoms with Gasteiger partial charge in [0.1, 0.15) is 11.9 Å². The molecule has 1 unspecified atom stereocenters. The molecule has 2 aromatic heterocycles. The molecule has 0 aromatic carbocycles. The van der Waals surface area contributed by atoms with Gasteiger partial charge in [0.05, 0.1) is 5.69 Å². The van der Waals surface area contributed by atoms with Crippen molar-refractivity contribution in [2.24, 2.45) is 14.1 Å². The average Bonchev–Trinajstić information content (AvgIpc) is 2.73. The van der Waals surface area contributed by atoms with Gasteiger partial charge in [-0.25, -0.2) is 4.98 Å². The normalized spacial score (nSPS) is 13.1.